The highest BCUT2D eigenvalue weighted by atomic mass is 16.4. The Hall–Kier alpha value is -2.37. The highest BCUT2D eigenvalue weighted by molar-refractivity contribution is 5.93. The molecule has 1 amide bonds. The van der Waals surface area contributed by atoms with Gasteiger partial charge in [-0.25, -0.2) is 9.78 Å². The number of aromatic carboxylic acids is 1. The van der Waals surface area contributed by atoms with E-state index in [0.717, 1.165) is 0 Å². The second-order valence-corrected chi connectivity index (χ2v) is 5.15. The van der Waals surface area contributed by atoms with Gasteiger partial charge in [0, 0.05) is 6.42 Å². The fraction of sp³-hybridized carbons (Fsp3) is 0.357. The van der Waals surface area contributed by atoms with Crippen LogP contribution < -0.4 is 5.73 Å². The number of carboxylic acids is 1. The van der Waals surface area contributed by atoms with Crippen molar-refractivity contribution in [2.24, 2.45) is 5.73 Å². The first kappa shape index (κ1) is 14.0. The molecule has 0 spiro atoms. The van der Waals surface area contributed by atoms with E-state index in [4.69, 9.17) is 10.8 Å². The van der Waals surface area contributed by atoms with Gasteiger partial charge >= 0.3 is 5.97 Å². The Labute approximate surface area is 116 Å². The SMILES string of the molecule is CCc1nc2ccc(C(=O)O)cc2n1C(C)(C)C(N)=O. The minimum absolute atomic E-state index is 0.154. The second-order valence-electron chi connectivity index (χ2n) is 5.15. The van der Waals surface area contributed by atoms with Crippen LogP contribution in [0.2, 0.25) is 0 Å². The van der Waals surface area contributed by atoms with Gasteiger partial charge in [-0.05, 0) is 32.0 Å². The predicted octanol–water partition coefficient (Wildman–Crippen LogP) is 1.52. The molecule has 0 aliphatic rings. The molecular weight excluding hydrogens is 258 g/mol. The first-order valence-electron chi connectivity index (χ1n) is 6.34. The summed E-state index contributed by atoms with van der Waals surface area (Å²) < 4.78 is 1.72. The number of benzene rings is 1. The molecule has 2 rings (SSSR count). The zero-order valence-corrected chi connectivity index (χ0v) is 11.7. The monoisotopic (exact) mass is 275 g/mol. The average molecular weight is 275 g/mol. The lowest BCUT2D eigenvalue weighted by molar-refractivity contribution is -0.125. The van der Waals surface area contributed by atoms with Crippen LogP contribution >= 0.6 is 0 Å². The molecule has 1 heterocycles. The molecule has 106 valence electrons. The van der Waals surface area contributed by atoms with Crippen molar-refractivity contribution in [3.05, 3.63) is 29.6 Å². The molecule has 0 unspecified atom stereocenters. The number of hydrogen-bond donors (Lipinski definition) is 2. The van der Waals surface area contributed by atoms with E-state index in [-0.39, 0.29) is 5.56 Å². The van der Waals surface area contributed by atoms with E-state index in [9.17, 15) is 9.59 Å². The number of carbonyl (C=O) groups excluding carboxylic acids is 1. The molecule has 1 aromatic heterocycles. The molecule has 0 saturated carbocycles. The minimum Gasteiger partial charge on any atom is -0.478 e. The van der Waals surface area contributed by atoms with Crippen molar-refractivity contribution < 1.29 is 14.7 Å². The van der Waals surface area contributed by atoms with Gasteiger partial charge < -0.3 is 15.4 Å². The lowest BCUT2D eigenvalue weighted by Crippen LogP contribution is -2.41. The van der Waals surface area contributed by atoms with Gasteiger partial charge in [-0.3, -0.25) is 4.79 Å². The molecule has 6 nitrogen and oxygen atoms in total. The van der Waals surface area contributed by atoms with Crippen molar-refractivity contribution in [1.82, 2.24) is 9.55 Å². The van der Waals surface area contributed by atoms with Crippen LogP contribution in [0.5, 0.6) is 0 Å². The Kier molecular flexibility index (Phi) is 3.25. The van der Waals surface area contributed by atoms with E-state index >= 15 is 0 Å². The number of amides is 1. The lowest BCUT2D eigenvalue weighted by atomic mass is 10.0. The number of imidazole rings is 1. The van der Waals surface area contributed by atoms with Crippen LogP contribution in [0.4, 0.5) is 0 Å². The molecule has 0 saturated heterocycles. The van der Waals surface area contributed by atoms with Crippen LogP contribution in [-0.4, -0.2) is 26.5 Å². The maximum absolute atomic E-state index is 11.7. The summed E-state index contributed by atoms with van der Waals surface area (Å²) in [6, 6.07) is 4.67. The van der Waals surface area contributed by atoms with E-state index in [0.29, 0.717) is 23.3 Å². The molecule has 20 heavy (non-hydrogen) atoms. The zero-order valence-electron chi connectivity index (χ0n) is 11.7. The quantitative estimate of drug-likeness (QED) is 0.883. The Morgan fingerprint density at radius 3 is 2.55 bits per heavy atom. The maximum atomic E-state index is 11.7. The second kappa shape index (κ2) is 4.63. The van der Waals surface area contributed by atoms with Gasteiger partial charge in [0.1, 0.15) is 11.4 Å². The molecule has 0 aliphatic heterocycles. The average Bonchev–Trinajstić information content (AvgIpc) is 2.76. The number of nitrogens with two attached hydrogens (primary N) is 1. The first-order chi connectivity index (χ1) is 9.28. The van der Waals surface area contributed by atoms with E-state index in [1.165, 1.54) is 12.1 Å². The van der Waals surface area contributed by atoms with Crippen LogP contribution in [0.3, 0.4) is 0 Å². The van der Waals surface area contributed by atoms with Gasteiger partial charge in [0.25, 0.3) is 0 Å². The molecule has 0 fully saturated rings. The van der Waals surface area contributed by atoms with Gasteiger partial charge in [0.15, 0.2) is 0 Å². The number of fused-ring (bicyclic) bond motifs is 1. The number of primary amides is 1. The minimum atomic E-state index is -1.02. The van der Waals surface area contributed by atoms with E-state index in [2.05, 4.69) is 4.98 Å². The molecule has 0 atom stereocenters. The molecular formula is C14H17N3O3. The number of aryl methyl sites for hydroxylation is 1. The summed E-state index contributed by atoms with van der Waals surface area (Å²) >= 11 is 0. The number of aromatic nitrogens is 2. The Bertz CT molecular complexity index is 701. The smallest absolute Gasteiger partial charge is 0.335 e. The number of carboxylic acid groups (broad SMARTS) is 1. The highest BCUT2D eigenvalue weighted by Gasteiger charge is 2.31. The third kappa shape index (κ3) is 2.03. The van der Waals surface area contributed by atoms with Gasteiger partial charge in [0.05, 0.1) is 16.6 Å². The topological polar surface area (TPSA) is 98.2 Å². The molecule has 0 radical (unpaired) electrons. The summed E-state index contributed by atoms with van der Waals surface area (Å²) in [6.07, 6.45) is 0.619. The normalized spacial score (nSPS) is 11.8. The summed E-state index contributed by atoms with van der Waals surface area (Å²) in [5.41, 5.74) is 5.91. The Morgan fingerprint density at radius 1 is 1.40 bits per heavy atom. The van der Waals surface area contributed by atoms with Gasteiger partial charge in [-0.1, -0.05) is 6.92 Å². The molecule has 0 bridgehead atoms. The van der Waals surface area contributed by atoms with Crippen LogP contribution in [0, 0.1) is 0 Å². The van der Waals surface area contributed by atoms with Gasteiger partial charge in [-0.2, -0.15) is 0 Å². The fourth-order valence-electron chi connectivity index (χ4n) is 2.23. The van der Waals surface area contributed by atoms with Gasteiger partial charge in [-0.15, -0.1) is 0 Å². The lowest BCUT2D eigenvalue weighted by Gasteiger charge is -2.25. The van der Waals surface area contributed by atoms with Crippen LogP contribution in [-0.2, 0) is 16.8 Å². The number of nitrogens with zero attached hydrogens (tertiary/aromatic N) is 2. The van der Waals surface area contributed by atoms with Crippen molar-refractivity contribution in [2.75, 3.05) is 0 Å². The van der Waals surface area contributed by atoms with E-state index < -0.39 is 17.4 Å². The van der Waals surface area contributed by atoms with E-state index in [1.54, 1.807) is 24.5 Å². The van der Waals surface area contributed by atoms with Crippen molar-refractivity contribution in [3.8, 4) is 0 Å². The summed E-state index contributed by atoms with van der Waals surface area (Å²) in [7, 11) is 0. The number of carbonyl (C=O) groups is 2. The van der Waals surface area contributed by atoms with Crippen LogP contribution in [0.15, 0.2) is 18.2 Å². The number of hydrogen-bond acceptors (Lipinski definition) is 3. The molecule has 6 heteroatoms. The molecule has 3 N–H and O–H groups in total. The van der Waals surface area contributed by atoms with Crippen molar-refractivity contribution >= 4 is 22.9 Å². The molecule has 0 aliphatic carbocycles. The summed E-state index contributed by atoms with van der Waals surface area (Å²) in [6.45, 7) is 5.32. The Balaban J connectivity index is 2.82. The van der Waals surface area contributed by atoms with Crippen LogP contribution in [0.1, 0.15) is 37.0 Å². The fourth-order valence-corrected chi connectivity index (χ4v) is 2.23. The van der Waals surface area contributed by atoms with Crippen LogP contribution in [0.25, 0.3) is 11.0 Å². The van der Waals surface area contributed by atoms with E-state index in [1.807, 2.05) is 6.92 Å². The first-order valence-corrected chi connectivity index (χ1v) is 6.34. The largest absolute Gasteiger partial charge is 0.478 e. The summed E-state index contributed by atoms with van der Waals surface area (Å²) in [4.78, 5) is 27.2. The summed E-state index contributed by atoms with van der Waals surface area (Å²) in [5.74, 6) is -0.812. The maximum Gasteiger partial charge on any atom is 0.335 e. The summed E-state index contributed by atoms with van der Waals surface area (Å²) in [5, 5.41) is 9.09. The third-order valence-electron chi connectivity index (χ3n) is 3.45. The molecule has 2 aromatic rings. The zero-order chi connectivity index (χ0) is 15.1. The number of rotatable bonds is 4. The van der Waals surface area contributed by atoms with Crippen molar-refractivity contribution in [3.63, 3.8) is 0 Å². The van der Waals surface area contributed by atoms with Gasteiger partial charge in [0.2, 0.25) is 5.91 Å². The predicted molar refractivity (Wildman–Crippen MR) is 74.6 cm³/mol. The van der Waals surface area contributed by atoms with Crippen molar-refractivity contribution in [1.29, 1.82) is 0 Å². The molecule has 1 aromatic carbocycles. The standard InChI is InChI=1S/C14H17N3O3/c1-4-11-16-9-6-5-8(12(18)19)7-10(9)17(11)14(2,3)13(15)20/h5-7H,4H2,1-3H3,(H2,15,20)(H,18,19). The third-order valence-corrected chi connectivity index (χ3v) is 3.45. The van der Waals surface area contributed by atoms with Crippen molar-refractivity contribution in [2.45, 2.75) is 32.7 Å². The Morgan fingerprint density at radius 2 is 2.05 bits per heavy atom. The highest BCUT2D eigenvalue weighted by Crippen LogP contribution is 2.26.